The lowest BCUT2D eigenvalue weighted by Gasteiger charge is -2.20. The predicted molar refractivity (Wildman–Crippen MR) is 112 cm³/mol. The average molecular weight is 428 g/mol. The quantitative estimate of drug-likeness (QED) is 0.630. The van der Waals surface area contributed by atoms with Gasteiger partial charge in [0.15, 0.2) is 0 Å². The number of hydrogen-bond acceptors (Lipinski definition) is 3. The summed E-state index contributed by atoms with van der Waals surface area (Å²) in [5, 5.41) is 3.09. The van der Waals surface area contributed by atoms with Crippen LogP contribution in [0, 0.1) is 5.92 Å². The Labute approximate surface area is 177 Å². The Morgan fingerprint density at radius 1 is 1.16 bits per heavy atom. The van der Waals surface area contributed by atoms with Gasteiger partial charge < -0.3 is 15.2 Å². The number of anilines is 1. The van der Waals surface area contributed by atoms with Gasteiger partial charge in [0.1, 0.15) is 5.82 Å². The van der Waals surface area contributed by atoms with Crippen molar-refractivity contribution in [3.63, 3.8) is 0 Å². The molecule has 1 aromatic heterocycles. The van der Waals surface area contributed by atoms with Gasteiger partial charge in [0.25, 0.3) is 0 Å². The molecule has 1 aliphatic heterocycles. The van der Waals surface area contributed by atoms with Gasteiger partial charge >= 0.3 is 6.18 Å². The average Bonchev–Trinajstić information content (AvgIpc) is 3.14. The molecule has 1 amide bonds. The largest absolute Gasteiger partial charge is 0.416 e. The number of para-hydroxylation sites is 2. The van der Waals surface area contributed by atoms with Crippen LogP contribution in [0.5, 0.6) is 0 Å². The predicted octanol–water partition coefficient (Wildman–Crippen LogP) is 4.47. The highest BCUT2D eigenvalue weighted by Crippen LogP contribution is 2.48. The Morgan fingerprint density at radius 3 is 2.68 bits per heavy atom. The molecule has 1 aliphatic carbocycles. The first kappa shape index (κ1) is 19.9. The molecule has 0 unspecified atom stereocenters. The van der Waals surface area contributed by atoms with E-state index < -0.39 is 11.7 Å². The fraction of sp³-hybridized carbons (Fsp3) is 0.391. The number of halogens is 3. The van der Waals surface area contributed by atoms with Gasteiger partial charge in [-0.25, -0.2) is 4.98 Å². The third kappa shape index (κ3) is 4.24. The first-order chi connectivity index (χ1) is 14.9. The summed E-state index contributed by atoms with van der Waals surface area (Å²) in [7, 11) is 0. The normalized spacial score (nSPS) is 23.3. The number of alkyl halides is 3. The number of benzene rings is 2. The van der Waals surface area contributed by atoms with E-state index in [0.29, 0.717) is 31.3 Å². The number of aromatic nitrogens is 2. The first-order valence-electron chi connectivity index (χ1n) is 10.5. The summed E-state index contributed by atoms with van der Waals surface area (Å²) >= 11 is 0. The molecule has 2 N–H and O–H groups in total. The summed E-state index contributed by atoms with van der Waals surface area (Å²) in [4.78, 5) is 22.5. The molecule has 2 heterocycles. The fourth-order valence-corrected chi connectivity index (χ4v) is 4.45. The number of carbonyl (C=O) groups excluding carboxylic acids is 1. The number of rotatable bonds is 5. The molecule has 0 radical (unpaired) electrons. The van der Waals surface area contributed by atoms with Crippen LogP contribution in [-0.4, -0.2) is 35.0 Å². The van der Waals surface area contributed by atoms with Gasteiger partial charge in [-0.05, 0) is 55.2 Å². The van der Waals surface area contributed by atoms with E-state index in [1.165, 1.54) is 12.1 Å². The van der Waals surface area contributed by atoms with Crippen molar-refractivity contribution in [1.29, 1.82) is 0 Å². The Balaban J connectivity index is 1.12. The Bertz CT molecular complexity index is 1060. The zero-order valence-electron chi connectivity index (χ0n) is 16.8. The standard InChI is InChI=1S/C23H23F3N4O/c24-23(25,26)15-5-7-17(8-6-15)30-10-9-16(13-30)27-21(31)12-14-11-18(14)22-28-19-3-1-2-4-20(19)29-22/h1-8,14,16,18H,9-13H2,(H,27,31)(H,28,29)/t14-,16+,18+/m0/s1. The lowest BCUT2D eigenvalue weighted by Crippen LogP contribution is -2.37. The minimum absolute atomic E-state index is 0.0122. The maximum atomic E-state index is 12.7. The maximum absolute atomic E-state index is 12.7. The van der Waals surface area contributed by atoms with Crippen LogP contribution in [0.15, 0.2) is 48.5 Å². The highest BCUT2D eigenvalue weighted by atomic mass is 19.4. The summed E-state index contributed by atoms with van der Waals surface area (Å²) in [6, 6.07) is 13.1. The number of hydrogen-bond donors (Lipinski definition) is 2. The van der Waals surface area contributed by atoms with Crippen LogP contribution >= 0.6 is 0 Å². The Kier molecular flexibility index (Phi) is 4.87. The molecule has 2 aromatic carbocycles. The van der Waals surface area contributed by atoms with Crippen molar-refractivity contribution in [1.82, 2.24) is 15.3 Å². The van der Waals surface area contributed by atoms with Crippen molar-refractivity contribution in [2.45, 2.75) is 37.4 Å². The molecule has 2 aliphatic rings. The number of nitrogens with one attached hydrogen (secondary N) is 2. The van der Waals surface area contributed by atoms with Crippen LogP contribution in [0.4, 0.5) is 18.9 Å². The molecular weight excluding hydrogens is 405 g/mol. The van der Waals surface area contributed by atoms with E-state index in [2.05, 4.69) is 15.3 Å². The van der Waals surface area contributed by atoms with Crippen molar-refractivity contribution in [2.24, 2.45) is 5.92 Å². The first-order valence-corrected chi connectivity index (χ1v) is 10.5. The van der Waals surface area contributed by atoms with Gasteiger partial charge in [-0.2, -0.15) is 13.2 Å². The monoisotopic (exact) mass is 428 g/mol. The summed E-state index contributed by atoms with van der Waals surface area (Å²) in [6.45, 7) is 1.32. The molecule has 3 atom stereocenters. The lowest BCUT2D eigenvalue weighted by molar-refractivity contribution is -0.137. The molecule has 162 valence electrons. The van der Waals surface area contributed by atoms with E-state index in [0.717, 1.165) is 47.5 Å². The fourth-order valence-electron chi connectivity index (χ4n) is 4.45. The number of imidazole rings is 1. The van der Waals surface area contributed by atoms with Gasteiger partial charge in [-0.3, -0.25) is 4.79 Å². The summed E-state index contributed by atoms with van der Waals surface area (Å²) in [5.41, 5.74) is 2.06. The van der Waals surface area contributed by atoms with E-state index in [4.69, 9.17) is 0 Å². The van der Waals surface area contributed by atoms with Crippen LogP contribution in [0.1, 0.15) is 36.6 Å². The van der Waals surface area contributed by atoms with Crippen molar-refractivity contribution in [3.05, 3.63) is 59.9 Å². The third-order valence-corrected chi connectivity index (χ3v) is 6.24. The lowest BCUT2D eigenvalue weighted by atomic mass is 10.2. The summed E-state index contributed by atoms with van der Waals surface area (Å²) in [6.07, 6.45) is -2.12. The van der Waals surface area contributed by atoms with Crippen molar-refractivity contribution >= 4 is 22.6 Å². The summed E-state index contributed by atoms with van der Waals surface area (Å²) in [5.74, 6) is 1.58. The van der Waals surface area contributed by atoms with Gasteiger partial charge in [0.2, 0.25) is 5.91 Å². The van der Waals surface area contributed by atoms with Crippen LogP contribution in [0.2, 0.25) is 0 Å². The molecule has 1 saturated heterocycles. The molecule has 5 nitrogen and oxygen atoms in total. The number of aromatic amines is 1. The second kappa shape index (κ2) is 7.59. The molecule has 3 aromatic rings. The molecule has 8 heteroatoms. The molecular formula is C23H23F3N4O. The van der Waals surface area contributed by atoms with Gasteiger partial charge in [-0.1, -0.05) is 12.1 Å². The number of fused-ring (bicyclic) bond motifs is 1. The van der Waals surface area contributed by atoms with Crippen molar-refractivity contribution in [2.75, 3.05) is 18.0 Å². The molecule has 2 fully saturated rings. The minimum atomic E-state index is -4.33. The highest BCUT2D eigenvalue weighted by molar-refractivity contribution is 5.78. The maximum Gasteiger partial charge on any atom is 0.416 e. The summed E-state index contributed by atoms with van der Waals surface area (Å²) < 4.78 is 38.2. The Hall–Kier alpha value is -3.03. The van der Waals surface area contributed by atoms with E-state index >= 15 is 0 Å². The van der Waals surface area contributed by atoms with Gasteiger partial charge in [0, 0.05) is 37.2 Å². The van der Waals surface area contributed by atoms with Crippen LogP contribution < -0.4 is 10.2 Å². The minimum Gasteiger partial charge on any atom is -0.369 e. The zero-order valence-corrected chi connectivity index (χ0v) is 16.8. The van der Waals surface area contributed by atoms with Crippen molar-refractivity contribution in [3.8, 4) is 0 Å². The number of H-pyrrole nitrogens is 1. The molecule has 1 saturated carbocycles. The van der Waals surface area contributed by atoms with Crippen molar-refractivity contribution < 1.29 is 18.0 Å². The highest BCUT2D eigenvalue weighted by Gasteiger charge is 2.42. The Morgan fingerprint density at radius 2 is 1.94 bits per heavy atom. The second-order valence-electron chi connectivity index (χ2n) is 8.49. The van der Waals surface area contributed by atoms with Gasteiger partial charge in [-0.15, -0.1) is 0 Å². The molecule has 31 heavy (non-hydrogen) atoms. The van der Waals surface area contributed by atoms with E-state index in [-0.39, 0.29) is 11.9 Å². The molecule has 0 spiro atoms. The molecule has 0 bridgehead atoms. The second-order valence-corrected chi connectivity index (χ2v) is 8.49. The van der Waals surface area contributed by atoms with E-state index in [1.807, 2.05) is 29.2 Å². The third-order valence-electron chi connectivity index (χ3n) is 6.24. The smallest absolute Gasteiger partial charge is 0.369 e. The van der Waals surface area contributed by atoms with E-state index in [9.17, 15) is 18.0 Å². The number of amides is 1. The van der Waals surface area contributed by atoms with E-state index in [1.54, 1.807) is 0 Å². The topological polar surface area (TPSA) is 61.0 Å². The zero-order chi connectivity index (χ0) is 21.6. The number of nitrogens with zero attached hydrogens (tertiary/aromatic N) is 2. The van der Waals surface area contributed by atoms with Gasteiger partial charge in [0.05, 0.1) is 16.6 Å². The number of carbonyl (C=O) groups is 1. The van der Waals surface area contributed by atoms with Crippen LogP contribution in [-0.2, 0) is 11.0 Å². The van der Waals surface area contributed by atoms with Crippen LogP contribution in [0.25, 0.3) is 11.0 Å². The SMILES string of the molecule is O=C(C[C@@H]1C[C@H]1c1nc2ccccc2[nH]1)N[C@@H]1CCN(c2ccc(C(F)(F)F)cc2)C1. The van der Waals surface area contributed by atoms with Crippen LogP contribution in [0.3, 0.4) is 0 Å². The molecule has 5 rings (SSSR count).